The van der Waals surface area contributed by atoms with Crippen LogP contribution in [0.5, 0.6) is 0 Å². The Balaban J connectivity index is 1.79. The first-order chi connectivity index (χ1) is 21.1. The van der Waals surface area contributed by atoms with Gasteiger partial charge in [-0.3, -0.25) is 13.9 Å². The predicted molar refractivity (Wildman–Crippen MR) is 179 cm³/mol. The number of benzene rings is 4. The molecule has 1 N–H and O–H groups in total. The Kier molecular flexibility index (Phi) is 11.4. The monoisotopic (exact) mass is 675 g/mol. The SMILES string of the molecule is CCNC(=O)C(Cc1ccccc1)N(Cc1cccc(Br)c1)C(=O)CN(c1ccc(C(C)C)cc1)S(=O)(=O)c1ccccc1. The lowest BCUT2D eigenvalue weighted by Crippen LogP contribution is -2.53. The molecule has 1 unspecified atom stereocenters. The maximum absolute atomic E-state index is 14.4. The summed E-state index contributed by atoms with van der Waals surface area (Å²) in [7, 11) is -4.13. The molecule has 0 aliphatic carbocycles. The predicted octanol–water partition coefficient (Wildman–Crippen LogP) is 6.54. The van der Waals surface area contributed by atoms with Crippen molar-refractivity contribution in [2.24, 2.45) is 0 Å². The molecule has 1 atom stereocenters. The number of rotatable bonds is 13. The molecule has 9 heteroatoms. The van der Waals surface area contributed by atoms with Crippen LogP contribution in [0.3, 0.4) is 0 Å². The molecule has 7 nitrogen and oxygen atoms in total. The van der Waals surface area contributed by atoms with Crippen LogP contribution in [-0.2, 0) is 32.6 Å². The number of amides is 2. The second kappa shape index (κ2) is 15.2. The van der Waals surface area contributed by atoms with Crippen LogP contribution in [0.1, 0.15) is 43.4 Å². The molecule has 0 heterocycles. The van der Waals surface area contributed by atoms with Gasteiger partial charge in [0.1, 0.15) is 12.6 Å². The van der Waals surface area contributed by atoms with Gasteiger partial charge in [-0.25, -0.2) is 8.42 Å². The highest BCUT2D eigenvalue weighted by molar-refractivity contribution is 9.10. The van der Waals surface area contributed by atoms with Crippen molar-refractivity contribution >= 4 is 43.5 Å². The Labute approximate surface area is 269 Å². The summed E-state index contributed by atoms with van der Waals surface area (Å²) in [6.07, 6.45) is 0.265. The number of carbonyl (C=O) groups excluding carboxylic acids is 2. The van der Waals surface area contributed by atoms with Crippen molar-refractivity contribution in [1.82, 2.24) is 10.2 Å². The average molecular weight is 677 g/mol. The maximum atomic E-state index is 14.4. The molecule has 2 amide bonds. The average Bonchev–Trinajstić information content (AvgIpc) is 3.02. The Hall–Kier alpha value is -3.95. The summed E-state index contributed by atoms with van der Waals surface area (Å²) >= 11 is 3.50. The van der Waals surface area contributed by atoms with Gasteiger partial charge in [0.2, 0.25) is 11.8 Å². The van der Waals surface area contributed by atoms with Gasteiger partial charge in [-0.1, -0.05) is 103 Å². The Morgan fingerprint density at radius 2 is 1.43 bits per heavy atom. The molecule has 4 aromatic carbocycles. The van der Waals surface area contributed by atoms with Crippen molar-refractivity contribution in [2.75, 3.05) is 17.4 Å². The molecule has 0 radical (unpaired) electrons. The molecular weight excluding hydrogens is 638 g/mol. The lowest BCUT2D eigenvalue weighted by molar-refractivity contribution is -0.140. The van der Waals surface area contributed by atoms with Crippen molar-refractivity contribution in [3.05, 3.63) is 130 Å². The van der Waals surface area contributed by atoms with Gasteiger partial charge in [-0.2, -0.15) is 0 Å². The minimum atomic E-state index is -4.13. The van der Waals surface area contributed by atoms with Gasteiger partial charge in [0, 0.05) is 24.0 Å². The van der Waals surface area contributed by atoms with E-state index < -0.39 is 28.5 Å². The van der Waals surface area contributed by atoms with Gasteiger partial charge >= 0.3 is 0 Å². The number of nitrogens with zero attached hydrogens (tertiary/aromatic N) is 2. The van der Waals surface area contributed by atoms with Crippen LogP contribution < -0.4 is 9.62 Å². The molecule has 0 saturated heterocycles. The molecule has 0 spiro atoms. The van der Waals surface area contributed by atoms with Crippen molar-refractivity contribution in [2.45, 2.75) is 50.6 Å². The summed E-state index contributed by atoms with van der Waals surface area (Å²) in [5, 5.41) is 2.88. The fourth-order valence-corrected chi connectivity index (χ4v) is 6.83. The van der Waals surface area contributed by atoms with E-state index >= 15 is 0 Å². The van der Waals surface area contributed by atoms with Crippen LogP contribution in [0, 0.1) is 0 Å². The third kappa shape index (κ3) is 8.36. The van der Waals surface area contributed by atoms with Crippen molar-refractivity contribution in [3.63, 3.8) is 0 Å². The van der Waals surface area contributed by atoms with Crippen molar-refractivity contribution in [3.8, 4) is 0 Å². The minimum absolute atomic E-state index is 0.0730. The standard InChI is InChI=1S/C35H38BrN3O4S/c1-4-37-35(41)33(23-27-12-7-5-8-13-27)38(24-28-14-11-15-30(36)22-28)34(40)25-39(31-20-18-29(19-21-31)26(2)3)44(42,43)32-16-9-6-10-17-32/h5-22,26,33H,4,23-25H2,1-3H3,(H,37,41). The van der Waals surface area contributed by atoms with Crippen LogP contribution in [0.25, 0.3) is 0 Å². The van der Waals surface area contributed by atoms with Gasteiger partial charge in [-0.15, -0.1) is 0 Å². The van der Waals surface area contributed by atoms with Gasteiger partial charge in [0.15, 0.2) is 0 Å². The summed E-state index contributed by atoms with van der Waals surface area (Å²) in [5.41, 5.74) is 3.10. The maximum Gasteiger partial charge on any atom is 0.264 e. The van der Waals surface area contributed by atoms with E-state index in [-0.39, 0.29) is 29.7 Å². The molecule has 4 aromatic rings. The number of carbonyl (C=O) groups is 2. The van der Waals surface area contributed by atoms with Crippen LogP contribution >= 0.6 is 15.9 Å². The molecule has 0 fully saturated rings. The first-order valence-electron chi connectivity index (χ1n) is 14.6. The second-order valence-corrected chi connectivity index (χ2v) is 13.6. The summed E-state index contributed by atoms with van der Waals surface area (Å²) in [4.78, 5) is 29.6. The number of sulfonamides is 1. The number of anilines is 1. The Morgan fingerprint density at radius 1 is 0.818 bits per heavy atom. The van der Waals surface area contributed by atoms with Gasteiger partial charge in [0.05, 0.1) is 10.6 Å². The van der Waals surface area contributed by atoms with Gasteiger partial charge in [-0.05, 0) is 65.9 Å². The smallest absolute Gasteiger partial charge is 0.264 e. The van der Waals surface area contributed by atoms with E-state index in [2.05, 4.69) is 35.1 Å². The van der Waals surface area contributed by atoms with E-state index in [9.17, 15) is 18.0 Å². The van der Waals surface area contributed by atoms with Crippen LogP contribution in [-0.4, -0.2) is 44.3 Å². The number of halogens is 1. The van der Waals surface area contributed by atoms with Crippen LogP contribution in [0.15, 0.2) is 119 Å². The Bertz CT molecular complexity index is 1650. The largest absolute Gasteiger partial charge is 0.355 e. The molecule has 0 aromatic heterocycles. The molecule has 0 saturated carbocycles. The van der Waals surface area contributed by atoms with Crippen molar-refractivity contribution < 1.29 is 18.0 Å². The van der Waals surface area contributed by atoms with E-state index in [1.165, 1.54) is 17.0 Å². The topological polar surface area (TPSA) is 86.8 Å². The first kappa shape index (κ1) is 33.0. The zero-order chi connectivity index (χ0) is 31.7. The zero-order valence-corrected chi connectivity index (χ0v) is 27.6. The van der Waals surface area contributed by atoms with Crippen LogP contribution in [0.2, 0.25) is 0 Å². The highest BCUT2D eigenvalue weighted by Crippen LogP contribution is 2.27. The first-order valence-corrected chi connectivity index (χ1v) is 16.9. The molecule has 230 valence electrons. The lowest BCUT2D eigenvalue weighted by atomic mass is 10.0. The molecular formula is C35H38BrN3O4S. The van der Waals surface area contributed by atoms with Gasteiger partial charge in [0.25, 0.3) is 10.0 Å². The van der Waals surface area contributed by atoms with E-state index in [4.69, 9.17) is 0 Å². The fourth-order valence-electron chi connectivity index (χ4n) is 4.95. The summed E-state index contributed by atoms with van der Waals surface area (Å²) in [6, 6.07) is 31.4. The second-order valence-electron chi connectivity index (χ2n) is 10.8. The quantitative estimate of drug-likeness (QED) is 0.174. The zero-order valence-electron chi connectivity index (χ0n) is 25.2. The number of hydrogen-bond acceptors (Lipinski definition) is 4. The number of hydrogen-bond donors (Lipinski definition) is 1. The fraction of sp³-hybridized carbons (Fsp3) is 0.257. The normalized spacial score (nSPS) is 12.0. The number of likely N-dealkylation sites (N-methyl/N-ethyl adjacent to an activating group) is 1. The Morgan fingerprint density at radius 3 is 2.02 bits per heavy atom. The van der Waals surface area contributed by atoms with E-state index in [1.54, 1.807) is 30.3 Å². The van der Waals surface area contributed by atoms with Crippen LogP contribution in [0.4, 0.5) is 5.69 Å². The van der Waals surface area contributed by atoms with Gasteiger partial charge < -0.3 is 10.2 Å². The molecule has 4 rings (SSSR count). The molecule has 44 heavy (non-hydrogen) atoms. The molecule has 0 aliphatic heterocycles. The highest BCUT2D eigenvalue weighted by atomic mass is 79.9. The summed E-state index contributed by atoms with van der Waals surface area (Å²) in [6.45, 7) is 5.96. The molecule has 0 bridgehead atoms. The highest BCUT2D eigenvalue weighted by Gasteiger charge is 2.34. The lowest BCUT2D eigenvalue weighted by Gasteiger charge is -2.34. The minimum Gasteiger partial charge on any atom is -0.355 e. The third-order valence-corrected chi connectivity index (χ3v) is 9.60. The summed E-state index contributed by atoms with van der Waals surface area (Å²) < 4.78 is 30.1. The third-order valence-electron chi connectivity index (χ3n) is 7.32. The van der Waals surface area contributed by atoms with E-state index in [0.29, 0.717) is 12.2 Å². The number of nitrogens with one attached hydrogen (secondary N) is 1. The van der Waals surface area contributed by atoms with Crippen molar-refractivity contribution in [1.29, 1.82) is 0 Å². The summed E-state index contributed by atoms with van der Waals surface area (Å²) in [5.74, 6) is -0.551. The molecule has 0 aliphatic rings. The van der Waals surface area contributed by atoms with E-state index in [0.717, 1.165) is 25.5 Å². The van der Waals surface area contributed by atoms with E-state index in [1.807, 2.05) is 73.7 Å².